The maximum Gasteiger partial charge on any atom is 0.213 e. The fourth-order valence-electron chi connectivity index (χ4n) is 4.05. The summed E-state index contributed by atoms with van der Waals surface area (Å²) in [6.45, 7) is 7.18. The highest BCUT2D eigenvalue weighted by Gasteiger charge is 2.62. The van der Waals surface area contributed by atoms with Crippen LogP contribution in [0.25, 0.3) is 0 Å². The van der Waals surface area contributed by atoms with Crippen LogP contribution in [0.3, 0.4) is 0 Å². The molecule has 0 radical (unpaired) electrons. The molecule has 2 saturated carbocycles. The van der Waals surface area contributed by atoms with E-state index in [1.165, 1.54) is 12.8 Å². The molecule has 3 atom stereocenters. The summed E-state index contributed by atoms with van der Waals surface area (Å²) >= 11 is 5.83. The Bertz CT molecular complexity index is 487. The van der Waals surface area contributed by atoms with Gasteiger partial charge in [0, 0.05) is 11.5 Å². The van der Waals surface area contributed by atoms with Gasteiger partial charge in [0.25, 0.3) is 0 Å². The minimum atomic E-state index is 0.274. The summed E-state index contributed by atoms with van der Waals surface area (Å²) in [6, 6.07) is 5.85. The van der Waals surface area contributed by atoms with E-state index in [0.29, 0.717) is 17.4 Å². The van der Waals surface area contributed by atoms with Gasteiger partial charge in [-0.1, -0.05) is 26.8 Å². The number of alkyl halides is 1. The lowest BCUT2D eigenvalue weighted by Gasteiger charge is -2.38. The Hall–Kier alpha value is -0.760. The van der Waals surface area contributed by atoms with Gasteiger partial charge < -0.3 is 4.74 Å². The zero-order valence-electron chi connectivity index (χ0n) is 11.9. The Balaban J connectivity index is 1.82. The van der Waals surface area contributed by atoms with Crippen LogP contribution in [0, 0.1) is 16.7 Å². The predicted octanol–water partition coefficient (Wildman–Crippen LogP) is 4.41. The minimum Gasteiger partial charge on any atom is -0.474 e. The minimum absolute atomic E-state index is 0.274. The summed E-state index contributed by atoms with van der Waals surface area (Å²) in [4.78, 5) is 4.46. The van der Waals surface area contributed by atoms with Gasteiger partial charge in [-0.3, -0.25) is 0 Å². The molecule has 0 spiro atoms. The van der Waals surface area contributed by atoms with Gasteiger partial charge in [-0.05, 0) is 36.7 Å². The molecule has 1 aromatic rings. The summed E-state index contributed by atoms with van der Waals surface area (Å²) in [6.07, 6.45) is 4.07. The van der Waals surface area contributed by atoms with E-state index in [9.17, 15) is 0 Å². The Morgan fingerprint density at radius 2 is 2.16 bits per heavy atom. The summed E-state index contributed by atoms with van der Waals surface area (Å²) in [5, 5.41) is 0. The second-order valence-electron chi connectivity index (χ2n) is 6.82. The van der Waals surface area contributed by atoms with Crippen LogP contribution in [0.5, 0.6) is 5.88 Å². The van der Waals surface area contributed by atoms with Crippen LogP contribution >= 0.6 is 11.6 Å². The number of hydrogen-bond acceptors (Lipinski definition) is 2. The topological polar surface area (TPSA) is 22.1 Å². The summed E-state index contributed by atoms with van der Waals surface area (Å²) < 4.78 is 6.22. The first-order valence-electron chi connectivity index (χ1n) is 7.16. The number of rotatable bonds is 3. The van der Waals surface area contributed by atoms with E-state index in [1.807, 2.05) is 18.2 Å². The molecule has 3 unspecified atom stereocenters. The van der Waals surface area contributed by atoms with Crippen molar-refractivity contribution in [1.29, 1.82) is 0 Å². The van der Waals surface area contributed by atoms with E-state index < -0.39 is 0 Å². The van der Waals surface area contributed by atoms with Crippen molar-refractivity contribution in [2.75, 3.05) is 0 Å². The van der Waals surface area contributed by atoms with Crippen LogP contribution in [0.4, 0.5) is 0 Å². The number of fused-ring (bicyclic) bond motifs is 2. The van der Waals surface area contributed by atoms with Crippen LogP contribution in [-0.4, -0.2) is 11.1 Å². The molecule has 0 aliphatic heterocycles. The number of nitrogens with zero attached hydrogens (tertiary/aromatic N) is 1. The summed E-state index contributed by atoms with van der Waals surface area (Å²) in [5.74, 6) is 1.96. The first-order valence-corrected chi connectivity index (χ1v) is 7.69. The first kappa shape index (κ1) is 13.2. The van der Waals surface area contributed by atoms with Crippen LogP contribution < -0.4 is 4.74 Å². The molecule has 0 aromatic carbocycles. The third-order valence-corrected chi connectivity index (χ3v) is 6.17. The zero-order chi connectivity index (χ0) is 13.7. The number of halogens is 1. The van der Waals surface area contributed by atoms with Crippen LogP contribution in [0.1, 0.15) is 45.7 Å². The van der Waals surface area contributed by atoms with E-state index in [0.717, 1.165) is 23.9 Å². The average Bonchev–Trinajstić information content (AvgIpc) is 2.72. The number of pyridine rings is 1. The molecule has 0 saturated heterocycles. The van der Waals surface area contributed by atoms with Gasteiger partial charge in [0.05, 0.1) is 11.6 Å². The SMILES string of the molecule is CC1(C)C2CCC1(C)C(Oc1cccc(CCl)n1)C2. The summed E-state index contributed by atoms with van der Waals surface area (Å²) in [7, 11) is 0. The van der Waals surface area contributed by atoms with E-state index in [1.54, 1.807) is 0 Å². The molecule has 3 heteroatoms. The lowest BCUT2D eigenvalue weighted by molar-refractivity contribution is 0.0272. The van der Waals surface area contributed by atoms with Crippen molar-refractivity contribution in [3.8, 4) is 5.88 Å². The third kappa shape index (κ3) is 1.87. The van der Waals surface area contributed by atoms with Crippen molar-refractivity contribution in [3.05, 3.63) is 23.9 Å². The van der Waals surface area contributed by atoms with Crippen LogP contribution in [0.15, 0.2) is 18.2 Å². The molecule has 1 aromatic heterocycles. The van der Waals surface area contributed by atoms with E-state index in [-0.39, 0.29) is 5.41 Å². The largest absolute Gasteiger partial charge is 0.474 e. The lowest BCUT2D eigenvalue weighted by Crippen LogP contribution is -2.39. The average molecular weight is 280 g/mol. The molecule has 104 valence electrons. The molecule has 2 nitrogen and oxygen atoms in total. The highest BCUT2D eigenvalue weighted by Crippen LogP contribution is 2.66. The Kier molecular flexibility index (Phi) is 3.05. The standard InChI is InChI=1S/C16H22ClNO/c1-15(2)11-7-8-16(15,3)13(9-11)19-14-6-4-5-12(10-17)18-14/h4-6,11,13H,7-10H2,1-3H3. The van der Waals surface area contributed by atoms with Crippen molar-refractivity contribution < 1.29 is 4.74 Å². The molecule has 2 aliphatic carbocycles. The number of aromatic nitrogens is 1. The fourth-order valence-corrected chi connectivity index (χ4v) is 4.20. The van der Waals surface area contributed by atoms with Crippen molar-refractivity contribution in [3.63, 3.8) is 0 Å². The Morgan fingerprint density at radius 1 is 1.37 bits per heavy atom. The Labute approximate surface area is 120 Å². The highest BCUT2D eigenvalue weighted by molar-refractivity contribution is 6.16. The van der Waals surface area contributed by atoms with Gasteiger partial charge in [-0.25, -0.2) is 4.98 Å². The van der Waals surface area contributed by atoms with Gasteiger partial charge in [0.2, 0.25) is 5.88 Å². The van der Waals surface area contributed by atoms with Gasteiger partial charge in [0.15, 0.2) is 0 Å². The molecular weight excluding hydrogens is 258 g/mol. The second-order valence-corrected chi connectivity index (χ2v) is 7.09. The molecule has 2 fully saturated rings. The molecule has 2 aliphatic rings. The normalized spacial score (nSPS) is 35.6. The van der Waals surface area contributed by atoms with Gasteiger partial charge in [0.1, 0.15) is 6.10 Å². The third-order valence-electron chi connectivity index (χ3n) is 5.90. The molecule has 1 heterocycles. The van der Waals surface area contributed by atoms with Crippen molar-refractivity contribution in [2.45, 2.75) is 52.0 Å². The van der Waals surface area contributed by atoms with Crippen molar-refractivity contribution in [1.82, 2.24) is 4.98 Å². The monoisotopic (exact) mass is 279 g/mol. The maximum absolute atomic E-state index is 6.22. The smallest absolute Gasteiger partial charge is 0.213 e. The molecule has 19 heavy (non-hydrogen) atoms. The zero-order valence-corrected chi connectivity index (χ0v) is 12.7. The molecule has 0 amide bonds. The van der Waals surface area contributed by atoms with Crippen molar-refractivity contribution >= 4 is 11.6 Å². The van der Waals surface area contributed by atoms with Gasteiger partial charge in [-0.15, -0.1) is 11.6 Å². The van der Waals surface area contributed by atoms with Gasteiger partial charge in [-0.2, -0.15) is 0 Å². The molecule has 2 bridgehead atoms. The van der Waals surface area contributed by atoms with E-state index >= 15 is 0 Å². The quantitative estimate of drug-likeness (QED) is 0.765. The number of ether oxygens (including phenoxy) is 1. The van der Waals surface area contributed by atoms with Crippen LogP contribution in [-0.2, 0) is 5.88 Å². The summed E-state index contributed by atoms with van der Waals surface area (Å²) in [5.41, 5.74) is 1.53. The van der Waals surface area contributed by atoms with E-state index in [4.69, 9.17) is 16.3 Å². The molecule has 3 rings (SSSR count). The Morgan fingerprint density at radius 3 is 2.74 bits per heavy atom. The second kappa shape index (κ2) is 4.37. The predicted molar refractivity (Wildman–Crippen MR) is 77.4 cm³/mol. The first-order chi connectivity index (χ1) is 8.97. The van der Waals surface area contributed by atoms with Crippen molar-refractivity contribution in [2.24, 2.45) is 16.7 Å². The maximum atomic E-state index is 6.22. The van der Waals surface area contributed by atoms with E-state index in [2.05, 4.69) is 25.8 Å². The number of hydrogen-bond donors (Lipinski definition) is 0. The fraction of sp³-hybridized carbons (Fsp3) is 0.688. The molecular formula is C16H22ClNO. The van der Waals surface area contributed by atoms with Gasteiger partial charge >= 0.3 is 0 Å². The molecule has 0 N–H and O–H groups in total. The van der Waals surface area contributed by atoms with Crippen LogP contribution in [0.2, 0.25) is 0 Å². The lowest BCUT2D eigenvalue weighted by atomic mass is 9.70. The highest BCUT2D eigenvalue weighted by atomic mass is 35.5.